The number of ketones is 2. The summed E-state index contributed by atoms with van der Waals surface area (Å²) in [6.07, 6.45) is 3.99. The second-order valence-corrected chi connectivity index (χ2v) is 11.6. The predicted octanol–water partition coefficient (Wildman–Crippen LogP) is 4.30. The highest BCUT2D eigenvalue weighted by Crippen LogP contribution is 2.56. The number of carbonyl (C=O) groups is 4. The lowest BCUT2D eigenvalue weighted by Gasteiger charge is -2.42. The van der Waals surface area contributed by atoms with Gasteiger partial charge in [-0.25, -0.2) is 0 Å². The number of fused-ring (bicyclic) bond motifs is 3. The first kappa shape index (κ1) is 25.9. The van der Waals surface area contributed by atoms with E-state index in [0.29, 0.717) is 40.1 Å². The Morgan fingerprint density at radius 1 is 1.00 bits per heavy atom. The molecule has 4 unspecified atom stereocenters. The van der Waals surface area contributed by atoms with Crippen molar-refractivity contribution in [2.45, 2.75) is 25.7 Å². The maximum absolute atomic E-state index is 14.0. The quantitative estimate of drug-likeness (QED) is 0.228. The highest BCUT2D eigenvalue weighted by molar-refractivity contribution is 14.1. The number of carbonyl (C=O) groups excluding carboxylic acids is 4. The van der Waals surface area contributed by atoms with Crippen molar-refractivity contribution in [3.05, 3.63) is 92.1 Å². The molecule has 2 aromatic carbocycles. The number of imide groups is 1. The van der Waals surface area contributed by atoms with Crippen molar-refractivity contribution in [3.8, 4) is 5.75 Å². The van der Waals surface area contributed by atoms with E-state index in [1.807, 2.05) is 36.4 Å². The van der Waals surface area contributed by atoms with Gasteiger partial charge in [-0.05, 0) is 84.7 Å². The number of aliphatic hydroxyl groups excluding tert-OH is 1. The number of para-hydroxylation sites is 1. The van der Waals surface area contributed by atoms with Crippen LogP contribution in [0.5, 0.6) is 5.75 Å². The largest absolute Gasteiger partial charge is 0.491 e. The minimum absolute atomic E-state index is 0.0761. The van der Waals surface area contributed by atoms with E-state index in [4.69, 9.17) is 4.74 Å². The minimum atomic E-state index is -0.632. The lowest BCUT2D eigenvalue weighted by atomic mass is 9.59. The van der Waals surface area contributed by atoms with E-state index in [2.05, 4.69) is 22.6 Å². The highest BCUT2D eigenvalue weighted by Gasteiger charge is 2.56. The molecule has 1 heterocycles. The average Bonchev–Trinajstić information content (AvgIpc) is 3.19. The Kier molecular flexibility index (Phi) is 6.63. The van der Waals surface area contributed by atoms with Crippen LogP contribution in [0.4, 0.5) is 5.69 Å². The van der Waals surface area contributed by atoms with Crippen LogP contribution in [0.2, 0.25) is 0 Å². The number of allylic oxidation sites excluding steroid dienone is 6. The monoisotopic (exact) mass is 635 g/mol. The zero-order chi connectivity index (χ0) is 27.4. The average molecular weight is 635 g/mol. The number of Topliss-reactive ketones (excluding diaryl/α,β-unsaturated/α-hetero) is 1. The predicted molar refractivity (Wildman–Crippen MR) is 152 cm³/mol. The molecule has 1 fully saturated rings. The van der Waals surface area contributed by atoms with E-state index in [0.717, 1.165) is 9.14 Å². The SMILES string of the molecule is CC1=CC(=O)C2=C(CC3C(=CCC4C(=O)N(c5ccc(I)cc5)C(=O)C43)C2c2ccccc2OCCO)C1=O. The molecule has 3 aliphatic carbocycles. The molecule has 7 nitrogen and oxygen atoms in total. The van der Waals surface area contributed by atoms with Crippen LogP contribution in [0.1, 0.15) is 31.2 Å². The van der Waals surface area contributed by atoms with Gasteiger partial charge in [0.05, 0.1) is 24.1 Å². The van der Waals surface area contributed by atoms with Crippen LogP contribution in [0.25, 0.3) is 0 Å². The molecule has 0 bridgehead atoms. The standard InChI is InChI=1S/C31H26INO6/c1-16-14-24(35)28-23(29(16)36)15-22-19(26(28)20-4-2-3-5-25(20)39-13-12-34)10-11-21-27(22)31(38)33(30(21)37)18-8-6-17(32)7-9-18/h2-10,14,21-22,26-27,34H,11-13,15H2,1H3. The van der Waals surface area contributed by atoms with E-state index in [-0.39, 0.29) is 43.0 Å². The fraction of sp³-hybridized carbons (Fsp3) is 0.290. The van der Waals surface area contributed by atoms with Crippen molar-refractivity contribution in [3.63, 3.8) is 0 Å². The summed E-state index contributed by atoms with van der Waals surface area (Å²) < 4.78 is 6.85. The van der Waals surface area contributed by atoms with Crippen LogP contribution >= 0.6 is 22.6 Å². The molecule has 6 rings (SSSR count). The molecule has 1 N–H and O–H groups in total. The molecule has 2 amide bonds. The second kappa shape index (κ2) is 9.98. The molecule has 4 atom stereocenters. The smallest absolute Gasteiger partial charge is 0.238 e. The molecule has 8 heteroatoms. The number of hydrogen-bond acceptors (Lipinski definition) is 6. The Balaban J connectivity index is 1.48. The third kappa shape index (κ3) is 4.12. The van der Waals surface area contributed by atoms with Gasteiger partial charge in [-0.3, -0.25) is 24.1 Å². The van der Waals surface area contributed by atoms with E-state index in [9.17, 15) is 24.3 Å². The van der Waals surface area contributed by atoms with Crippen molar-refractivity contribution in [2.75, 3.05) is 18.1 Å². The van der Waals surface area contributed by atoms with Gasteiger partial charge in [0.1, 0.15) is 12.4 Å². The summed E-state index contributed by atoms with van der Waals surface area (Å²) in [5.74, 6) is -2.57. The molecule has 2 aromatic rings. The van der Waals surface area contributed by atoms with Crippen molar-refractivity contribution in [1.29, 1.82) is 0 Å². The number of hydrogen-bond donors (Lipinski definition) is 1. The van der Waals surface area contributed by atoms with Crippen LogP contribution in [-0.4, -0.2) is 41.7 Å². The molecular weight excluding hydrogens is 609 g/mol. The van der Waals surface area contributed by atoms with Gasteiger partial charge < -0.3 is 9.84 Å². The summed E-state index contributed by atoms with van der Waals surface area (Å²) >= 11 is 2.18. The van der Waals surface area contributed by atoms with Crippen LogP contribution in [0, 0.1) is 21.3 Å². The number of amides is 2. The van der Waals surface area contributed by atoms with Gasteiger partial charge in [0.15, 0.2) is 11.6 Å². The van der Waals surface area contributed by atoms with Gasteiger partial charge in [-0.1, -0.05) is 29.8 Å². The molecule has 0 spiro atoms. The number of benzene rings is 2. The van der Waals surface area contributed by atoms with Crippen molar-refractivity contribution in [2.24, 2.45) is 17.8 Å². The van der Waals surface area contributed by atoms with Crippen LogP contribution in [0.3, 0.4) is 0 Å². The Labute approximate surface area is 239 Å². The van der Waals surface area contributed by atoms with Crippen molar-refractivity contribution >= 4 is 51.7 Å². The number of rotatable bonds is 5. The first-order valence-corrected chi connectivity index (χ1v) is 14.1. The van der Waals surface area contributed by atoms with Gasteiger partial charge in [0.25, 0.3) is 0 Å². The molecule has 1 saturated heterocycles. The van der Waals surface area contributed by atoms with E-state index >= 15 is 0 Å². The van der Waals surface area contributed by atoms with Crippen molar-refractivity contribution < 1.29 is 29.0 Å². The molecular formula is C31H26INO6. The Morgan fingerprint density at radius 2 is 1.74 bits per heavy atom. The molecule has 1 aliphatic heterocycles. The molecule has 0 saturated carbocycles. The summed E-state index contributed by atoms with van der Waals surface area (Å²) in [6, 6.07) is 14.6. The normalized spacial score (nSPS) is 26.2. The van der Waals surface area contributed by atoms with Crippen LogP contribution in [0.15, 0.2) is 83.0 Å². The number of anilines is 1. The fourth-order valence-corrected chi connectivity index (χ4v) is 6.95. The number of halogens is 1. The summed E-state index contributed by atoms with van der Waals surface area (Å²) in [7, 11) is 0. The van der Waals surface area contributed by atoms with Gasteiger partial charge in [-0.2, -0.15) is 0 Å². The third-order valence-electron chi connectivity index (χ3n) is 8.23. The number of nitrogens with zero attached hydrogens (tertiary/aromatic N) is 1. The van der Waals surface area contributed by atoms with Crippen LogP contribution < -0.4 is 9.64 Å². The molecule has 39 heavy (non-hydrogen) atoms. The molecule has 198 valence electrons. The maximum atomic E-state index is 14.0. The lowest BCUT2D eigenvalue weighted by Crippen LogP contribution is -2.40. The van der Waals surface area contributed by atoms with Gasteiger partial charge in [0, 0.05) is 31.8 Å². The fourth-order valence-electron chi connectivity index (χ4n) is 6.59. The lowest BCUT2D eigenvalue weighted by molar-refractivity contribution is -0.123. The molecule has 4 aliphatic rings. The Morgan fingerprint density at radius 3 is 2.49 bits per heavy atom. The van der Waals surface area contributed by atoms with E-state index in [1.54, 1.807) is 25.1 Å². The molecule has 0 radical (unpaired) electrons. The summed E-state index contributed by atoms with van der Waals surface area (Å²) in [4.78, 5) is 55.7. The first-order valence-electron chi connectivity index (χ1n) is 13.0. The third-order valence-corrected chi connectivity index (χ3v) is 8.95. The summed E-state index contributed by atoms with van der Waals surface area (Å²) in [6.45, 7) is 1.54. The van der Waals surface area contributed by atoms with Crippen molar-refractivity contribution in [1.82, 2.24) is 0 Å². The summed E-state index contributed by atoms with van der Waals surface area (Å²) in [5.41, 5.74) is 3.31. The molecule has 0 aromatic heterocycles. The maximum Gasteiger partial charge on any atom is 0.238 e. The Bertz CT molecular complexity index is 1520. The summed E-state index contributed by atoms with van der Waals surface area (Å²) in [5, 5.41) is 9.37. The van der Waals surface area contributed by atoms with Gasteiger partial charge >= 0.3 is 0 Å². The minimum Gasteiger partial charge on any atom is -0.491 e. The van der Waals surface area contributed by atoms with E-state index in [1.165, 1.54) is 11.0 Å². The first-order chi connectivity index (χ1) is 18.8. The van der Waals surface area contributed by atoms with Gasteiger partial charge in [-0.15, -0.1) is 0 Å². The number of ether oxygens (including phenoxy) is 1. The zero-order valence-electron chi connectivity index (χ0n) is 21.2. The zero-order valence-corrected chi connectivity index (χ0v) is 23.4. The van der Waals surface area contributed by atoms with Gasteiger partial charge in [0.2, 0.25) is 11.8 Å². The highest BCUT2D eigenvalue weighted by atomic mass is 127. The van der Waals surface area contributed by atoms with Crippen LogP contribution in [-0.2, 0) is 19.2 Å². The second-order valence-electron chi connectivity index (χ2n) is 10.3. The number of aliphatic hydroxyl groups is 1. The Hall–Kier alpha value is -3.37. The van der Waals surface area contributed by atoms with E-state index < -0.39 is 23.7 Å². The topological polar surface area (TPSA) is 101 Å².